The zero-order chi connectivity index (χ0) is 18.5. The van der Waals surface area contributed by atoms with Gasteiger partial charge in [0.2, 0.25) is 5.91 Å². The van der Waals surface area contributed by atoms with E-state index in [-0.39, 0.29) is 11.2 Å². The molecule has 0 unspecified atom stereocenters. The summed E-state index contributed by atoms with van der Waals surface area (Å²) in [5, 5.41) is 2.70. The number of nitrogens with zero attached hydrogens (tertiary/aromatic N) is 1. The van der Waals surface area contributed by atoms with Crippen molar-refractivity contribution in [3.05, 3.63) is 96.3 Å². The van der Waals surface area contributed by atoms with Crippen LogP contribution in [0.3, 0.4) is 0 Å². The van der Waals surface area contributed by atoms with E-state index >= 15 is 0 Å². The van der Waals surface area contributed by atoms with E-state index in [4.69, 9.17) is 0 Å². The number of fused-ring (bicyclic) bond motifs is 1. The van der Waals surface area contributed by atoms with Gasteiger partial charge in [0.05, 0.1) is 17.6 Å². The number of thioether (sulfide) groups is 1. The first-order valence-corrected chi connectivity index (χ1v) is 9.65. The molecule has 1 aromatic heterocycles. The lowest BCUT2D eigenvalue weighted by atomic mass is 10.1. The largest absolute Gasteiger partial charge is 0.348 e. The van der Waals surface area contributed by atoms with Crippen LogP contribution in [0, 0.1) is 0 Å². The first-order valence-electron chi connectivity index (χ1n) is 8.77. The minimum atomic E-state index is -0.321. The fraction of sp³-hybridized carbons (Fsp3) is 0.0909. The summed E-state index contributed by atoms with van der Waals surface area (Å²) in [4.78, 5) is 21.8. The molecular formula is C22H19N3OS. The second-order valence-electron chi connectivity index (χ2n) is 6.14. The number of rotatable bonds is 6. The van der Waals surface area contributed by atoms with Crippen molar-refractivity contribution < 1.29 is 4.79 Å². The highest BCUT2D eigenvalue weighted by molar-refractivity contribution is 8.00. The molecule has 0 bridgehead atoms. The van der Waals surface area contributed by atoms with Crippen molar-refractivity contribution in [3.8, 4) is 0 Å². The quantitative estimate of drug-likeness (QED) is 0.481. The Morgan fingerprint density at radius 3 is 2.33 bits per heavy atom. The number of amides is 1. The highest BCUT2D eigenvalue weighted by atomic mass is 32.2. The normalized spacial score (nSPS) is 12.0. The van der Waals surface area contributed by atoms with Crippen LogP contribution in [0.5, 0.6) is 0 Å². The van der Waals surface area contributed by atoms with Crippen molar-refractivity contribution in [2.24, 2.45) is 0 Å². The minimum Gasteiger partial charge on any atom is -0.348 e. The topological polar surface area (TPSA) is 57.8 Å². The summed E-state index contributed by atoms with van der Waals surface area (Å²) in [7, 11) is 0. The third kappa shape index (κ3) is 4.20. The zero-order valence-electron chi connectivity index (χ0n) is 14.6. The Balaban J connectivity index is 1.51. The zero-order valence-corrected chi connectivity index (χ0v) is 15.4. The Hall–Kier alpha value is -3.05. The van der Waals surface area contributed by atoms with Gasteiger partial charge in [-0.2, -0.15) is 0 Å². The highest BCUT2D eigenvalue weighted by Crippen LogP contribution is 2.35. The molecule has 0 radical (unpaired) electrons. The van der Waals surface area contributed by atoms with Gasteiger partial charge in [0.15, 0.2) is 0 Å². The molecule has 5 heteroatoms. The number of carbonyl (C=O) groups is 1. The first-order chi connectivity index (χ1) is 13.3. The van der Waals surface area contributed by atoms with Gasteiger partial charge < -0.3 is 10.3 Å². The molecule has 0 fully saturated rings. The lowest BCUT2D eigenvalue weighted by Gasteiger charge is -2.16. The molecule has 27 heavy (non-hydrogen) atoms. The molecule has 0 saturated carbocycles. The van der Waals surface area contributed by atoms with Gasteiger partial charge in [-0.15, -0.1) is 11.8 Å². The van der Waals surface area contributed by atoms with Crippen LogP contribution in [0.15, 0.2) is 89.8 Å². The lowest BCUT2D eigenvalue weighted by molar-refractivity contribution is -0.120. The maximum absolute atomic E-state index is 13.0. The smallest absolute Gasteiger partial charge is 0.238 e. The first kappa shape index (κ1) is 17.4. The minimum absolute atomic E-state index is 0.0319. The molecule has 4 aromatic rings. The molecular weight excluding hydrogens is 354 g/mol. The third-order valence-electron chi connectivity index (χ3n) is 4.21. The molecule has 134 valence electrons. The van der Waals surface area contributed by atoms with E-state index in [1.165, 1.54) is 0 Å². The van der Waals surface area contributed by atoms with E-state index in [9.17, 15) is 4.79 Å². The second kappa shape index (κ2) is 8.10. The summed E-state index contributed by atoms with van der Waals surface area (Å²) < 4.78 is 0. The van der Waals surface area contributed by atoms with Gasteiger partial charge in [-0.3, -0.25) is 4.79 Å². The molecule has 1 heterocycles. The number of aromatic amines is 1. The van der Waals surface area contributed by atoms with Crippen LogP contribution in [-0.4, -0.2) is 15.9 Å². The summed E-state index contributed by atoms with van der Waals surface area (Å²) in [5.41, 5.74) is 2.86. The predicted molar refractivity (Wildman–Crippen MR) is 109 cm³/mol. The van der Waals surface area contributed by atoms with Gasteiger partial charge in [-0.05, 0) is 29.8 Å². The molecule has 0 saturated heterocycles. The third-order valence-corrected chi connectivity index (χ3v) is 5.47. The number of hydrogen-bond donors (Lipinski definition) is 2. The van der Waals surface area contributed by atoms with Gasteiger partial charge in [0.1, 0.15) is 11.1 Å². The number of H-pyrrole nitrogens is 1. The maximum atomic E-state index is 13.0. The van der Waals surface area contributed by atoms with Crippen LogP contribution in [0.25, 0.3) is 11.0 Å². The predicted octanol–water partition coefficient (Wildman–Crippen LogP) is 4.71. The van der Waals surface area contributed by atoms with Crippen molar-refractivity contribution in [2.45, 2.75) is 16.7 Å². The molecule has 0 aliphatic heterocycles. The summed E-state index contributed by atoms with van der Waals surface area (Å²) in [6, 6.07) is 27.7. The van der Waals surface area contributed by atoms with Crippen LogP contribution in [0.1, 0.15) is 16.6 Å². The number of aromatic nitrogens is 2. The Labute approximate surface area is 162 Å². The molecule has 0 aliphatic carbocycles. The number of benzene rings is 3. The Bertz CT molecular complexity index is 998. The Kier molecular flexibility index (Phi) is 5.21. The van der Waals surface area contributed by atoms with Gasteiger partial charge >= 0.3 is 0 Å². The second-order valence-corrected chi connectivity index (χ2v) is 7.32. The fourth-order valence-electron chi connectivity index (χ4n) is 2.89. The number of carbonyl (C=O) groups excluding carboxylic acids is 1. The molecule has 2 N–H and O–H groups in total. The van der Waals surface area contributed by atoms with Crippen LogP contribution in [0.2, 0.25) is 0 Å². The lowest BCUT2D eigenvalue weighted by Crippen LogP contribution is -2.28. The molecule has 4 rings (SSSR count). The van der Waals surface area contributed by atoms with Gasteiger partial charge in [0.25, 0.3) is 0 Å². The van der Waals surface area contributed by atoms with Crippen LogP contribution in [-0.2, 0) is 11.3 Å². The summed E-state index contributed by atoms with van der Waals surface area (Å²) in [6.07, 6.45) is 0. The molecule has 0 aliphatic rings. The number of nitrogens with one attached hydrogen (secondary N) is 2. The standard InChI is InChI=1S/C22H19N3OS/c26-22(23-15-20-24-18-13-7-8-14-19(18)25-20)21(16-9-3-1-4-10-16)27-17-11-5-2-6-12-17/h1-14,21H,15H2,(H,23,26)(H,24,25)/t21-/m0/s1. The fourth-order valence-corrected chi connectivity index (χ4v) is 3.96. The van der Waals surface area contributed by atoms with E-state index < -0.39 is 0 Å². The van der Waals surface area contributed by atoms with E-state index in [1.807, 2.05) is 84.9 Å². The van der Waals surface area contributed by atoms with E-state index in [0.717, 1.165) is 27.3 Å². The summed E-state index contributed by atoms with van der Waals surface area (Å²) in [6.45, 7) is 0.367. The number of hydrogen-bond acceptors (Lipinski definition) is 3. The van der Waals surface area contributed by atoms with E-state index in [0.29, 0.717) is 6.54 Å². The van der Waals surface area contributed by atoms with Crippen LogP contribution >= 0.6 is 11.8 Å². The molecule has 0 spiro atoms. The van der Waals surface area contributed by atoms with Crippen molar-refractivity contribution in [3.63, 3.8) is 0 Å². The van der Waals surface area contributed by atoms with Crippen LogP contribution < -0.4 is 5.32 Å². The van der Waals surface area contributed by atoms with Crippen LogP contribution in [0.4, 0.5) is 0 Å². The number of para-hydroxylation sites is 2. The SMILES string of the molecule is O=C(NCc1nc2ccccc2[nH]1)[C@@H](Sc1ccccc1)c1ccccc1. The van der Waals surface area contributed by atoms with Gasteiger partial charge in [-0.1, -0.05) is 60.7 Å². The van der Waals surface area contributed by atoms with Gasteiger partial charge in [-0.25, -0.2) is 4.98 Å². The molecule has 4 nitrogen and oxygen atoms in total. The average molecular weight is 373 g/mol. The average Bonchev–Trinajstić information content (AvgIpc) is 3.15. The van der Waals surface area contributed by atoms with E-state index in [2.05, 4.69) is 15.3 Å². The van der Waals surface area contributed by atoms with Crippen molar-refractivity contribution >= 4 is 28.7 Å². The molecule has 1 atom stereocenters. The van der Waals surface area contributed by atoms with Gasteiger partial charge in [0, 0.05) is 4.90 Å². The Morgan fingerprint density at radius 2 is 1.59 bits per heavy atom. The van der Waals surface area contributed by atoms with Crippen molar-refractivity contribution in [2.75, 3.05) is 0 Å². The highest BCUT2D eigenvalue weighted by Gasteiger charge is 2.22. The van der Waals surface area contributed by atoms with Crippen molar-refractivity contribution in [1.29, 1.82) is 0 Å². The molecule has 3 aromatic carbocycles. The summed E-state index contributed by atoms with van der Waals surface area (Å²) >= 11 is 1.55. The Morgan fingerprint density at radius 1 is 0.926 bits per heavy atom. The van der Waals surface area contributed by atoms with Crippen molar-refractivity contribution in [1.82, 2.24) is 15.3 Å². The van der Waals surface area contributed by atoms with E-state index in [1.54, 1.807) is 11.8 Å². The monoisotopic (exact) mass is 373 g/mol. The molecule has 1 amide bonds. The summed E-state index contributed by atoms with van der Waals surface area (Å²) in [5.74, 6) is 0.719. The number of imidazole rings is 1. The maximum Gasteiger partial charge on any atom is 0.238 e.